The van der Waals surface area contributed by atoms with Gasteiger partial charge >= 0.3 is 0 Å². The molecule has 0 aliphatic heterocycles. The lowest BCUT2D eigenvalue weighted by atomic mass is 10.3. The molecule has 0 aliphatic rings. The quantitative estimate of drug-likeness (QED) is 0.638. The number of terminal acetylenes is 1. The van der Waals surface area contributed by atoms with Crippen molar-refractivity contribution < 1.29 is 4.79 Å². The van der Waals surface area contributed by atoms with Gasteiger partial charge in [-0.2, -0.15) is 0 Å². The molecule has 0 aliphatic carbocycles. The second-order valence-corrected chi connectivity index (χ2v) is 2.10. The third kappa shape index (κ3) is 2.10. The lowest BCUT2D eigenvalue weighted by molar-refractivity contribution is 0.0954. The van der Waals surface area contributed by atoms with Crippen LogP contribution >= 0.6 is 0 Å². The summed E-state index contributed by atoms with van der Waals surface area (Å²) in [7, 11) is 0. The van der Waals surface area contributed by atoms with E-state index in [1.54, 1.807) is 24.4 Å². The topological polar surface area (TPSA) is 42.0 Å². The molecule has 0 saturated heterocycles. The Morgan fingerprint density at radius 3 is 3.08 bits per heavy atom. The third-order valence-electron chi connectivity index (χ3n) is 1.25. The second-order valence-electron chi connectivity index (χ2n) is 2.10. The number of pyridine rings is 1. The van der Waals surface area contributed by atoms with E-state index in [2.05, 4.69) is 16.2 Å². The van der Waals surface area contributed by atoms with Crippen LogP contribution in [-0.2, 0) is 0 Å². The number of hydrogen-bond donors (Lipinski definition) is 1. The number of nitrogens with zero attached hydrogens (tertiary/aromatic N) is 1. The molecule has 0 atom stereocenters. The van der Waals surface area contributed by atoms with Gasteiger partial charge in [-0.25, -0.2) is 0 Å². The van der Waals surface area contributed by atoms with Gasteiger partial charge in [-0.15, -0.1) is 6.42 Å². The Labute approximate surface area is 70.8 Å². The van der Waals surface area contributed by atoms with Crippen molar-refractivity contribution in [1.29, 1.82) is 0 Å². The number of carbonyl (C=O) groups excluding carboxylic acids is 1. The normalized spacial score (nSPS) is 8.58. The second kappa shape index (κ2) is 4.14. The molecule has 3 nitrogen and oxygen atoms in total. The zero-order valence-corrected chi connectivity index (χ0v) is 6.45. The average Bonchev–Trinajstić information content (AvgIpc) is 2.15. The minimum absolute atomic E-state index is 0.232. The first kappa shape index (κ1) is 8.28. The highest BCUT2D eigenvalue weighted by Gasteiger charge is 2.02. The smallest absolute Gasteiger partial charge is 0.270 e. The first-order valence-electron chi connectivity index (χ1n) is 3.47. The SMILES string of the molecule is C#CCNC(=O)c1ccccn1. The van der Waals surface area contributed by atoms with E-state index in [1.807, 2.05) is 0 Å². The van der Waals surface area contributed by atoms with E-state index in [0.29, 0.717) is 5.69 Å². The lowest BCUT2D eigenvalue weighted by Crippen LogP contribution is -2.24. The summed E-state index contributed by atoms with van der Waals surface area (Å²) in [5, 5.41) is 2.51. The average molecular weight is 160 g/mol. The van der Waals surface area contributed by atoms with Gasteiger partial charge in [0, 0.05) is 6.20 Å². The standard InChI is InChI=1S/C9H8N2O/c1-2-6-11-9(12)8-5-3-4-7-10-8/h1,3-5,7H,6H2,(H,11,12). The molecule has 0 saturated carbocycles. The molecule has 0 spiro atoms. The molecule has 0 aromatic carbocycles. The Hall–Kier alpha value is -1.82. The monoisotopic (exact) mass is 160 g/mol. The van der Waals surface area contributed by atoms with Crippen molar-refractivity contribution in [2.45, 2.75) is 0 Å². The van der Waals surface area contributed by atoms with Gasteiger partial charge in [0.05, 0.1) is 6.54 Å². The van der Waals surface area contributed by atoms with Gasteiger partial charge in [-0.05, 0) is 12.1 Å². The van der Waals surface area contributed by atoms with Crippen LogP contribution in [0.25, 0.3) is 0 Å². The van der Waals surface area contributed by atoms with Gasteiger partial charge in [-0.1, -0.05) is 12.0 Å². The fourth-order valence-corrected chi connectivity index (χ4v) is 0.719. The molecule has 0 unspecified atom stereocenters. The number of carbonyl (C=O) groups is 1. The van der Waals surface area contributed by atoms with Crippen molar-refractivity contribution in [3.8, 4) is 12.3 Å². The minimum Gasteiger partial charge on any atom is -0.340 e. The van der Waals surface area contributed by atoms with E-state index >= 15 is 0 Å². The van der Waals surface area contributed by atoms with Gasteiger partial charge in [-0.3, -0.25) is 9.78 Å². The van der Waals surface area contributed by atoms with E-state index in [4.69, 9.17) is 6.42 Å². The summed E-state index contributed by atoms with van der Waals surface area (Å²) >= 11 is 0. The van der Waals surface area contributed by atoms with Crippen LogP contribution in [0.15, 0.2) is 24.4 Å². The molecule has 60 valence electrons. The van der Waals surface area contributed by atoms with Gasteiger partial charge in [0.2, 0.25) is 0 Å². The Kier molecular flexibility index (Phi) is 2.86. The van der Waals surface area contributed by atoms with Crippen LogP contribution in [0.4, 0.5) is 0 Å². The fourth-order valence-electron chi connectivity index (χ4n) is 0.719. The van der Waals surface area contributed by atoms with Crippen molar-refractivity contribution in [3.05, 3.63) is 30.1 Å². The summed E-state index contributed by atoms with van der Waals surface area (Å²) in [6, 6.07) is 5.13. The van der Waals surface area contributed by atoms with Gasteiger partial charge in [0.15, 0.2) is 0 Å². The molecule has 12 heavy (non-hydrogen) atoms. The van der Waals surface area contributed by atoms with Crippen molar-refractivity contribution >= 4 is 5.91 Å². The number of hydrogen-bond acceptors (Lipinski definition) is 2. The molecule has 1 heterocycles. The molecule has 1 aromatic heterocycles. The molecule has 0 fully saturated rings. The van der Waals surface area contributed by atoms with E-state index in [9.17, 15) is 4.79 Å². The van der Waals surface area contributed by atoms with E-state index in [-0.39, 0.29) is 12.5 Å². The summed E-state index contributed by atoms with van der Waals surface area (Å²) in [6.07, 6.45) is 6.53. The van der Waals surface area contributed by atoms with Gasteiger partial charge in [0.25, 0.3) is 5.91 Å². The Morgan fingerprint density at radius 2 is 2.50 bits per heavy atom. The molecule has 0 bridgehead atoms. The maximum atomic E-state index is 11.1. The number of rotatable bonds is 2. The van der Waals surface area contributed by atoms with Gasteiger partial charge < -0.3 is 5.32 Å². The molecule has 1 rings (SSSR count). The Balaban J connectivity index is 2.61. The maximum absolute atomic E-state index is 11.1. The van der Waals surface area contributed by atoms with Crippen molar-refractivity contribution in [1.82, 2.24) is 10.3 Å². The van der Waals surface area contributed by atoms with E-state index in [1.165, 1.54) is 0 Å². The highest BCUT2D eigenvalue weighted by Crippen LogP contribution is 1.91. The van der Waals surface area contributed by atoms with Crippen molar-refractivity contribution in [2.24, 2.45) is 0 Å². The predicted octanol–water partition coefficient (Wildman–Crippen LogP) is 0.445. The van der Waals surface area contributed by atoms with E-state index in [0.717, 1.165) is 0 Å². The molecule has 3 heteroatoms. The van der Waals surface area contributed by atoms with Crippen LogP contribution in [0.1, 0.15) is 10.5 Å². The highest BCUT2D eigenvalue weighted by atomic mass is 16.1. The highest BCUT2D eigenvalue weighted by molar-refractivity contribution is 5.92. The Morgan fingerprint density at radius 1 is 1.67 bits per heavy atom. The van der Waals surface area contributed by atoms with Gasteiger partial charge in [0.1, 0.15) is 5.69 Å². The van der Waals surface area contributed by atoms with E-state index < -0.39 is 0 Å². The largest absolute Gasteiger partial charge is 0.340 e. The molecular formula is C9H8N2O. The number of amides is 1. The minimum atomic E-state index is -0.242. The van der Waals surface area contributed by atoms with Crippen LogP contribution in [-0.4, -0.2) is 17.4 Å². The number of nitrogens with one attached hydrogen (secondary N) is 1. The maximum Gasteiger partial charge on any atom is 0.270 e. The van der Waals surface area contributed by atoms with Crippen LogP contribution in [0.5, 0.6) is 0 Å². The van der Waals surface area contributed by atoms with Crippen LogP contribution in [0.2, 0.25) is 0 Å². The molecule has 0 radical (unpaired) electrons. The fraction of sp³-hybridized carbons (Fsp3) is 0.111. The summed E-state index contributed by atoms with van der Waals surface area (Å²) in [6.45, 7) is 0.232. The summed E-state index contributed by atoms with van der Waals surface area (Å²) in [4.78, 5) is 15.0. The van der Waals surface area contributed by atoms with Crippen molar-refractivity contribution in [2.75, 3.05) is 6.54 Å². The molecule has 1 N–H and O–H groups in total. The first-order valence-corrected chi connectivity index (χ1v) is 3.47. The Bertz CT molecular complexity index is 300. The van der Waals surface area contributed by atoms with Crippen molar-refractivity contribution in [3.63, 3.8) is 0 Å². The summed E-state index contributed by atoms with van der Waals surface area (Å²) in [5.74, 6) is 2.07. The molecule has 1 aromatic rings. The zero-order chi connectivity index (χ0) is 8.81. The summed E-state index contributed by atoms with van der Waals surface area (Å²) in [5.41, 5.74) is 0.382. The molecule has 1 amide bonds. The van der Waals surface area contributed by atoms with Crippen LogP contribution in [0.3, 0.4) is 0 Å². The lowest BCUT2D eigenvalue weighted by Gasteiger charge is -1.98. The van der Waals surface area contributed by atoms with Crippen LogP contribution < -0.4 is 5.32 Å². The molecular weight excluding hydrogens is 152 g/mol. The first-order chi connectivity index (χ1) is 5.84. The summed E-state index contributed by atoms with van der Waals surface area (Å²) < 4.78 is 0. The predicted molar refractivity (Wildman–Crippen MR) is 45.4 cm³/mol. The third-order valence-corrected chi connectivity index (χ3v) is 1.25. The number of aromatic nitrogens is 1. The van der Waals surface area contributed by atoms with Crippen LogP contribution in [0, 0.1) is 12.3 Å². The zero-order valence-electron chi connectivity index (χ0n) is 6.45.